The van der Waals surface area contributed by atoms with Crippen LogP contribution >= 0.6 is 0 Å². The fraction of sp³-hybridized carbons (Fsp3) is 0.846. The SMILES string of the molecule is CCOC(=O)C1CC[N+](C)(CCCC(=O)O)CC1.[I-]. The maximum atomic E-state index is 11.6. The Labute approximate surface area is 131 Å². The van der Waals surface area contributed by atoms with Gasteiger partial charge in [0.15, 0.2) is 0 Å². The summed E-state index contributed by atoms with van der Waals surface area (Å²) in [4.78, 5) is 22.1. The van der Waals surface area contributed by atoms with E-state index < -0.39 is 5.97 Å². The van der Waals surface area contributed by atoms with Gasteiger partial charge in [-0.2, -0.15) is 0 Å². The largest absolute Gasteiger partial charge is 1.00 e. The minimum atomic E-state index is -0.733. The molecule has 19 heavy (non-hydrogen) atoms. The number of aliphatic carboxylic acids is 1. The number of halogens is 1. The predicted octanol–water partition coefficient (Wildman–Crippen LogP) is -1.73. The van der Waals surface area contributed by atoms with Crippen molar-refractivity contribution in [1.29, 1.82) is 0 Å². The lowest BCUT2D eigenvalue weighted by Crippen LogP contribution is -3.00. The molecule has 0 aromatic heterocycles. The van der Waals surface area contributed by atoms with Gasteiger partial charge in [0, 0.05) is 19.3 Å². The number of piperidine rings is 1. The molecule has 0 atom stereocenters. The second-order valence-electron chi connectivity index (χ2n) is 5.31. The normalized spacial score (nSPS) is 26.3. The zero-order valence-corrected chi connectivity index (χ0v) is 13.9. The average molecular weight is 385 g/mol. The van der Waals surface area contributed by atoms with E-state index in [9.17, 15) is 9.59 Å². The van der Waals surface area contributed by atoms with Gasteiger partial charge >= 0.3 is 11.9 Å². The third-order valence-corrected chi connectivity index (χ3v) is 3.74. The summed E-state index contributed by atoms with van der Waals surface area (Å²) in [6.07, 6.45) is 2.63. The Morgan fingerprint density at radius 1 is 1.32 bits per heavy atom. The molecule has 0 aliphatic carbocycles. The van der Waals surface area contributed by atoms with Crippen molar-refractivity contribution >= 4 is 11.9 Å². The smallest absolute Gasteiger partial charge is 0.309 e. The molecule has 6 heteroatoms. The van der Waals surface area contributed by atoms with E-state index in [1.807, 2.05) is 6.92 Å². The maximum absolute atomic E-state index is 11.6. The van der Waals surface area contributed by atoms with Gasteiger partial charge in [0.25, 0.3) is 0 Å². The number of carboxylic acids is 1. The van der Waals surface area contributed by atoms with Crippen molar-refractivity contribution in [2.45, 2.75) is 32.6 Å². The Kier molecular flexibility index (Phi) is 8.56. The molecule has 0 unspecified atom stereocenters. The van der Waals surface area contributed by atoms with Gasteiger partial charge in [0.2, 0.25) is 0 Å². The predicted molar refractivity (Wildman–Crippen MR) is 67.0 cm³/mol. The molecule has 5 nitrogen and oxygen atoms in total. The monoisotopic (exact) mass is 385 g/mol. The molecule has 0 aromatic carbocycles. The molecule has 1 saturated heterocycles. The summed E-state index contributed by atoms with van der Waals surface area (Å²) in [7, 11) is 2.14. The first-order valence-electron chi connectivity index (χ1n) is 6.69. The van der Waals surface area contributed by atoms with Crippen LogP contribution in [-0.4, -0.2) is 54.8 Å². The third-order valence-electron chi connectivity index (χ3n) is 3.74. The van der Waals surface area contributed by atoms with Gasteiger partial charge in [-0.1, -0.05) is 0 Å². The summed E-state index contributed by atoms with van der Waals surface area (Å²) in [5.74, 6) is -0.770. The third kappa shape index (κ3) is 6.56. The number of hydrogen-bond donors (Lipinski definition) is 1. The number of ether oxygens (including phenoxy) is 1. The summed E-state index contributed by atoms with van der Waals surface area (Å²) >= 11 is 0. The fourth-order valence-electron chi connectivity index (χ4n) is 2.52. The molecule has 1 fully saturated rings. The zero-order chi connectivity index (χ0) is 13.6. The van der Waals surface area contributed by atoms with Gasteiger partial charge in [0.1, 0.15) is 0 Å². The van der Waals surface area contributed by atoms with Gasteiger partial charge in [-0.3, -0.25) is 9.59 Å². The van der Waals surface area contributed by atoms with Crippen molar-refractivity contribution in [2.75, 3.05) is 33.3 Å². The van der Waals surface area contributed by atoms with Crippen LogP contribution in [-0.2, 0) is 14.3 Å². The summed E-state index contributed by atoms with van der Waals surface area (Å²) in [5, 5.41) is 8.63. The molecule has 1 aliphatic heterocycles. The van der Waals surface area contributed by atoms with E-state index in [2.05, 4.69) is 7.05 Å². The number of likely N-dealkylation sites (tertiary alicyclic amines) is 1. The molecule has 0 radical (unpaired) electrons. The number of esters is 1. The van der Waals surface area contributed by atoms with Crippen molar-refractivity contribution in [3.63, 3.8) is 0 Å². The molecule has 1 N–H and O–H groups in total. The number of carbonyl (C=O) groups is 2. The molecular formula is C13H24INO4. The maximum Gasteiger partial charge on any atom is 0.309 e. The first-order chi connectivity index (χ1) is 8.47. The van der Waals surface area contributed by atoms with Crippen LogP contribution in [0.4, 0.5) is 0 Å². The lowest BCUT2D eigenvalue weighted by atomic mass is 9.95. The number of carboxylic acid groups (broad SMARTS) is 1. The lowest BCUT2D eigenvalue weighted by molar-refractivity contribution is -0.915. The van der Waals surface area contributed by atoms with Crippen molar-refractivity contribution in [3.05, 3.63) is 0 Å². The molecular weight excluding hydrogens is 361 g/mol. The van der Waals surface area contributed by atoms with E-state index in [1.165, 1.54) is 0 Å². The van der Waals surface area contributed by atoms with E-state index in [0.717, 1.165) is 37.0 Å². The van der Waals surface area contributed by atoms with Crippen molar-refractivity contribution in [3.8, 4) is 0 Å². The molecule has 1 aliphatic rings. The van der Waals surface area contributed by atoms with Crippen LogP contribution in [0.25, 0.3) is 0 Å². The minimum Gasteiger partial charge on any atom is -1.00 e. The molecule has 0 bridgehead atoms. The van der Waals surface area contributed by atoms with Crippen LogP contribution in [0.5, 0.6) is 0 Å². The van der Waals surface area contributed by atoms with Crippen molar-refractivity contribution in [1.82, 2.24) is 0 Å². The summed E-state index contributed by atoms with van der Waals surface area (Å²) in [5.41, 5.74) is 0. The second kappa shape index (κ2) is 8.73. The summed E-state index contributed by atoms with van der Waals surface area (Å²) in [6, 6.07) is 0. The molecule has 112 valence electrons. The first kappa shape index (κ1) is 18.6. The van der Waals surface area contributed by atoms with Crippen LogP contribution in [0.15, 0.2) is 0 Å². The first-order valence-corrected chi connectivity index (χ1v) is 6.69. The highest BCUT2D eigenvalue weighted by molar-refractivity contribution is 5.72. The quantitative estimate of drug-likeness (QED) is 0.336. The van der Waals surface area contributed by atoms with Gasteiger partial charge in [-0.15, -0.1) is 0 Å². The van der Waals surface area contributed by atoms with E-state index >= 15 is 0 Å². The van der Waals surface area contributed by atoms with E-state index in [0.29, 0.717) is 13.0 Å². The average Bonchev–Trinajstić information content (AvgIpc) is 2.29. The van der Waals surface area contributed by atoms with Crippen LogP contribution < -0.4 is 24.0 Å². The van der Waals surface area contributed by atoms with Crippen LogP contribution in [0.3, 0.4) is 0 Å². The second-order valence-corrected chi connectivity index (χ2v) is 5.31. The van der Waals surface area contributed by atoms with Crippen LogP contribution in [0.2, 0.25) is 0 Å². The number of hydrogen-bond acceptors (Lipinski definition) is 3. The van der Waals surface area contributed by atoms with Gasteiger partial charge < -0.3 is 38.3 Å². The Bertz CT molecular complexity index is 301. The molecule has 0 saturated carbocycles. The minimum absolute atomic E-state index is 0. The Morgan fingerprint density at radius 3 is 2.37 bits per heavy atom. The topological polar surface area (TPSA) is 63.6 Å². The number of quaternary nitrogens is 1. The standard InChI is InChI=1S/C13H23NO4.HI/c1-3-18-13(17)11-6-9-14(2,10-7-11)8-4-5-12(15)16;/h11H,3-10H2,1-2H3;1H. The molecule has 0 amide bonds. The van der Waals surface area contributed by atoms with Crippen LogP contribution in [0, 0.1) is 5.92 Å². The molecule has 0 spiro atoms. The lowest BCUT2D eigenvalue weighted by Gasteiger charge is -2.40. The number of rotatable bonds is 6. The van der Waals surface area contributed by atoms with E-state index in [-0.39, 0.29) is 42.3 Å². The fourth-order valence-corrected chi connectivity index (χ4v) is 2.52. The molecule has 0 aromatic rings. The molecule has 1 rings (SSSR count). The van der Waals surface area contributed by atoms with E-state index in [1.54, 1.807) is 0 Å². The zero-order valence-electron chi connectivity index (χ0n) is 11.7. The van der Waals surface area contributed by atoms with Crippen LogP contribution in [0.1, 0.15) is 32.6 Å². The van der Waals surface area contributed by atoms with Gasteiger partial charge in [-0.05, 0) is 6.92 Å². The Morgan fingerprint density at radius 2 is 1.89 bits per heavy atom. The summed E-state index contributed by atoms with van der Waals surface area (Å²) in [6.45, 7) is 5.01. The van der Waals surface area contributed by atoms with E-state index in [4.69, 9.17) is 9.84 Å². The number of carbonyl (C=O) groups excluding carboxylic acids is 1. The Hall–Kier alpha value is -0.370. The summed E-state index contributed by atoms with van der Waals surface area (Å²) < 4.78 is 5.92. The molecule has 1 heterocycles. The van der Waals surface area contributed by atoms with Crippen molar-refractivity contribution < 1.29 is 47.9 Å². The highest BCUT2D eigenvalue weighted by Crippen LogP contribution is 2.23. The highest BCUT2D eigenvalue weighted by Gasteiger charge is 2.33. The number of nitrogens with zero attached hydrogens (tertiary/aromatic N) is 1. The Balaban J connectivity index is 0.00000324. The van der Waals surface area contributed by atoms with Gasteiger partial charge in [0.05, 0.1) is 45.6 Å². The van der Waals surface area contributed by atoms with Gasteiger partial charge in [-0.25, -0.2) is 0 Å². The van der Waals surface area contributed by atoms with Crippen molar-refractivity contribution in [2.24, 2.45) is 5.92 Å². The highest BCUT2D eigenvalue weighted by atomic mass is 127.